The third-order valence-electron chi connectivity index (χ3n) is 3.41. The highest BCUT2D eigenvalue weighted by atomic mass is 32.2. The molecule has 0 bridgehead atoms. The summed E-state index contributed by atoms with van der Waals surface area (Å²) in [5.41, 5.74) is 0.238. The van der Waals surface area contributed by atoms with Crippen molar-refractivity contribution < 1.29 is 27.9 Å². The van der Waals surface area contributed by atoms with Gasteiger partial charge >= 0.3 is 5.97 Å². The van der Waals surface area contributed by atoms with Gasteiger partial charge in [-0.15, -0.1) is 0 Å². The van der Waals surface area contributed by atoms with Crippen LogP contribution in [0.25, 0.3) is 0 Å². The molecule has 0 aliphatic rings. The van der Waals surface area contributed by atoms with Crippen molar-refractivity contribution in [3.63, 3.8) is 0 Å². The summed E-state index contributed by atoms with van der Waals surface area (Å²) in [6, 6.07) is 5.58. The Labute approximate surface area is 142 Å². The lowest BCUT2D eigenvalue weighted by Crippen LogP contribution is -2.38. The number of rotatable bonds is 10. The summed E-state index contributed by atoms with van der Waals surface area (Å²) in [7, 11) is -1.90. The van der Waals surface area contributed by atoms with Gasteiger partial charge in [0.05, 0.1) is 17.3 Å². The minimum atomic E-state index is -3.36. The van der Waals surface area contributed by atoms with Gasteiger partial charge in [0.15, 0.2) is 9.84 Å². The van der Waals surface area contributed by atoms with E-state index in [1.54, 1.807) is 0 Å². The van der Waals surface area contributed by atoms with Crippen molar-refractivity contribution in [2.75, 3.05) is 32.6 Å². The Hall–Kier alpha value is -1.93. The van der Waals surface area contributed by atoms with Crippen LogP contribution in [0.3, 0.4) is 0 Å². The fourth-order valence-corrected chi connectivity index (χ4v) is 3.51. The first-order valence-corrected chi connectivity index (χ1v) is 9.30. The number of unbranched alkanes of at least 4 members (excludes halogenated alkanes) is 1. The SMILES string of the molecule is CCCCS(=O)(=O)c1ccc(C(=O)N(CCOC)CC(=O)O)cc1. The van der Waals surface area contributed by atoms with Crippen LogP contribution >= 0.6 is 0 Å². The van der Waals surface area contributed by atoms with Gasteiger partial charge < -0.3 is 14.7 Å². The second-order valence-electron chi connectivity index (χ2n) is 5.31. The van der Waals surface area contributed by atoms with E-state index >= 15 is 0 Å². The van der Waals surface area contributed by atoms with Crippen molar-refractivity contribution >= 4 is 21.7 Å². The van der Waals surface area contributed by atoms with Crippen molar-refractivity contribution in [2.45, 2.75) is 24.7 Å². The number of carbonyl (C=O) groups excluding carboxylic acids is 1. The molecule has 0 radical (unpaired) electrons. The van der Waals surface area contributed by atoms with E-state index in [9.17, 15) is 18.0 Å². The maximum atomic E-state index is 12.4. The fraction of sp³-hybridized carbons (Fsp3) is 0.500. The zero-order valence-corrected chi connectivity index (χ0v) is 14.7. The molecule has 0 spiro atoms. The molecular weight excluding hydrogens is 334 g/mol. The third kappa shape index (κ3) is 5.93. The van der Waals surface area contributed by atoms with E-state index in [2.05, 4.69) is 0 Å². The van der Waals surface area contributed by atoms with E-state index in [-0.39, 0.29) is 29.4 Å². The number of ether oxygens (including phenoxy) is 1. The number of amides is 1. The average Bonchev–Trinajstić information content (AvgIpc) is 2.56. The van der Waals surface area contributed by atoms with Gasteiger partial charge in [-0.05, 0) is 30.7 Å². The van der Waals surface area contributed by atoms with Gasteiger partial charge in [0.25, 0.3) is 5.91 Å². The van der Waals surface area contributed by atoms with Gasteiger partial charge in [-0.2, -0.15) is 0 Å². The number of carboxylic acid groups (broad SMARTS) is 1. The Kier molecular flexibility index (Phi) is 7.87. The molecule has 1 aromatic rings. The number of methoxy groups -OCH3 is 1. The van der Waals surface area contributed by atoms with Crippen LogP contribution in [0.4, 0.5) is 0 Å². The number of carboxylic acids is 1. The number of carbonyl (C=O) groups is 2. The standard InChI is InChI=1S/C16H23NO6S/c1-3-4-11-24(21,22)14-7-5-13(6-8-14)16(20)17(9-10-23-2)12-15(18)19/h5-8H,3-4,9-12H2,1-2H3,(H,18,19). The maximum absolute atomic E-state index is 12.4. The Morgan fingerprint density at radius 3 is 2.33 bits per heavy atom. The summed E-state index contributed by atoms with van der Waals surface area (Å²) in [6.07, 6.45) is 1.35. The summed E-state index contributed by atoms with van der Waals surface area (Å²) in [5.74, 6) is -1.54. The Balaban J connectivity index is 2.92. The molecule has 0 aliphatic carbocycles. The molecule has 7 nitrogen and oxygen atoms in total. The Bertz CT molecular complexity index is 654. The van der Waals surface area contributed by atoms with E-state index in [4.69, 9.17) is 9.84 Å². The lowest BCUT2D eigenvalue weighted by atomic mass is 10.2. The van der Waals surface area contributed by atoms with Gasteiger partial charge in [0.2, 0.25) is 0 Å². The lowest BCUT2D eigenvalue weighted by molar-refractivity contribution is -0.137. The molecule has 0 fully saturated rings. The van der Waals surface area contributed by atoms with Crippen molar-refractivity contribution in [3.05, 3.63) is 29.8 Å². The van der Waals surface area contributed by atoms with Gasteiger partial charge in [-0.1, -0.05) is 13.3 Å². The van der Waals surface area contributed by atoms with Gasteiger partial charge in [-0.25, -0.2) is 8.42 Å². The van der Waals surface area contributed by atoms with Gasteiger partial charge in [0, 0.05) is 19.2 Å². The Morgan fingerprint density at radius 2 is 1.83 bits per heavy atom. The number of benzene rings is 1. The number of aliphatic carboxylic acids is 1. The molecule has 0 saturated heterocycles. The quantitative estimate of drug-likeness (QED) is 0.680. The average molecular weight is 357 g/mol. The van der Waals surface area contributed by atoms with E-state index < -0.39 is 28.3 Å². The minimum Gasteiger partial charge on any atom is -0.480 e. The van der Waals surface area contributed by atoms with Crippen molar-refractivity contribution in [1.82, 2.24) is 4.90 Å². The lowest BCUT2D eigenvalue weighted by Gasteiger charge is -2.20. The van der Waals surface area contributed by atoms with Crippen LogP contribution < -0.4 is 0 Å². The number of nitrogens with zero attached hydrogens (tertiary/aromatic N) is 1. The largest absolute Gasteiger partial charge is 0.480 e. The second-order valence-corrected chi connectivity index (χ2v) is 7.42. The smallest absolute Gasteiger partial charge is 0.323 e. The molecule has 0 aromatic heterocycles. The highest BCUT2D eigenvalue weighted by molar-refractivity contribution is 7.91. The van der Waals surface area contributed by atoms with Gasteiger partial charge in [-0.3, -0.25) is 9.59 Å². The molecule has 0 heterocycles. The Morgan fingerprint density at radius 1 is 1.21 bits per heavy atom. The molecule has 1 amide bonds. The molecule has 0 atom stereocenters. The highest BCUT2D eigenvalue weighted by Gasteiger charge is 2.20. The monoisotopic (exact) mass is 357 g/mol. The zero-order valence-electron chi connectivity index (χ0n) is 13.9. The van der Waals surface area contributed by atoms with Crippen LogP contribution in [0.1, 0.15) is 30.1 Å². The van der Waals surface area contributed by atoms with Crippen molar-refractivity contribution in [1.29, 1.82) is 0 Å². The van der Waals surface area contributed by atoms with Crippen LogP contribution in [0, 0.1) is 0 Å². The summed E-state index contributed by atoms with van der Waals surface area (Å²) in [5, 5.41) is 8.90. The van der Waals surface area contributed by atoms with Gasteiger partial charge in [0.1, 0.15) is 6.54 Å². The molecule has 134 valence electrons. The zero-order chi connectivity index (χ0) is 18.2. The minimum absolute atomic E-state index is 0.0652. The maximum Gasteiger partial charge on any atom is 0.323 e. The predicted molar refractivity (Wildman–Crippen MR) is 88.8 cm³/mol. The fourth-order valence-electron chi connectivity index (χ4n) is 2.06. The van der Waals surface area contributed by atoms with E-state index in [0.717, 1.165) is 11.3 Å². The molecule has 1 rings (SSSR count). The summed E-state index contributed by atoms with van der Waals surface area (Å²) >= 11 is 0. The van der Waals surface area contributed by atoms with Crippen LogP contribution in [-0.2, 0) is 19.4 Å². The van der Waals surface area contributed by atoms with E-state index in [0.29, 0.717) is 6.42 Å². The summed E-state index contributed by atoms with van der Waals surface area (Å²) in [4.78, 5) is 24.6. The molecule has 0 saturated carbocycles. The van der Waals surface area contributed by atoms with E-state index in [1.165, 1.54) is 31.4 Å². The third-order valence-corrected chi connectivity index (χ3v) is 5.22. The van der Waals surface area contributed by atoms with Crippen molar-refractivity contribution in [3.8, 4) is 0 Å². The first-order valence-electron chi connectivity index (χ1n) is 7.64. The molecule has 0 unspecified atom stereocenters. The van der Waals surface area contributed by atoms with Crippen LogP contribution in [0.2, 0.25) is 0 Å². The summed E-state index contributed by atoms with van der Waals surface area (Å²) in [6.45, 7) is 1.81. The first-order chi connectivity index (χ1) is 11.3. The molecule has 24 heavy (non-hydrogen) atoms. The number of hydrogen-bond donors (Lipinski definition) is 1. The normalized spacial score (nSPS) is 11.2. The van der Waals surface area contributed by atoms with E-state index in [1.807, 2.05) is 6.92 Å². The molecule has 1 N–H and O–H groups in total. The molecular formula is C16H23NO6S. The van der Waals surface area contributed by atoms with Crippen LogP contribution in [0.5, 0.6) is 0 Å². The molecule has 1 aromatic carbocycles. The summed E-state index contributed by atoms with van der Waals surface area (Å²) < 4.78 is 29.1. The highest BCUT2D eigenvalue weighted by Crippen LogP contribution is 2.15. The predicted octanol–water partition coefficient (Wildman–Crippen LogP) is 1.43. The topological polar surface area (TPSA) is 101 Å². The molecule has 0 aliphatic heterocycles. The van der Waals surface area contributed by atoms with Crippen molar-refractivity contribution in [2.24, 2.45) is 0 Å². The number of hydrogen-bond acceptors (Lipinski definition) is 5. The molecule has 8 heteroatoms. The number of sulfone groups is 1. The van der Waals surface area contributed by atoms with Crippen LogP contribution in [0.15, 0.2) is 29.2 Å². The first kappa shape index (κ1) is 20.1. The second kappa shape index (κ2) is 9.39. The van der Waals surface area contributed by atoms with Crippen LogP contribution in [-0.4, -0.2) is 62.9 Å².